The summed E-state index contributed by atoms with van der Waals surface area (Å²) in [5.74, 6) is 1.24. The average molecular weight is 466 g/mol. The highest BCUT2D eigenvalue weighted by Gasteiger charge is 2.33. The van der Waals surface area contributed by atoms with Crippen LogP contribution in [0.3, 0.4) is 0 Å². The molecule has 0 aromatic heterocycles. The molecule has 3 aromatic carbocycles. The third kappa shape index (κ3) is 9.83. The number of aryl methyl sites for hydroxylation is 3. The van der Waals surface area contributed by atoms with E-state index in [0.717, 1.165) is 16.7 Å². The summed E-state index contributed by atoms with van der Waals surface area (Å²) in [6.45, 7) is 5.90. The van der Waals surface area contributed by atoms with E-state index in [0.29, 0.717) is 17.2 Å². The van der Waals surface area contributed by atoms with Crippen LogP contribution in [0.4, 0.5) is 0 Å². The second-order valence-electron chi connectivity index (χ2n) is 6.67. The summed E-state index contributed by atoms with van der Waals surface area (Å²) in [7, 11) is -8.57. The fraction of sp³-hybridized carbons (Fsp3) is 0.143. The van der Waals surface area contributed by atoms with Crippen LogP contribution in [0.25, 0.3) is 0 Å². The highest BCUT2D eigenvalue weighted by molar-refractivity contribution is 7.49. The molecule has 0 spiro atoms. The van der Waals surface area contributed by atoms with Crippen LogP contribution in [0.15, 0.2) is 72.8 Å². The van der Waals surface area contributed by atoms with Gasteiger partial charge in [0.2, 0.25) is 0 Å². The Bertz CT molecular complexity index is 927. The van der Waals surface area contributed by atoms with Crippen LogP contribution in [0.5, 0.6) is 17.2 Å². The van der Waals surface area contributed by atoms with Gasteiger partial charge in [-0.2, -0.15) is 4.57 Å². The van der Waals surface area contributed by atoms with Gasteiger partial charge >= 0.3 is 15.6 Å². The standard InChI is InChI=1S/C21H21O4P.H3O4P/c1-16-4-10-19(11-5-16)23-26(22,24-20-12-6-17(2)7-13-20)25-21-14-8-18(3)9-15-21;1-5(2,3)4/h4-15H,1-3H3;(H3,1,2,3,4). The molecule has 0 unspecified atom stereocenters. The van der Waals surface area contributed by atoms with Crippen molar-refractivity contribution in [3.63, 3.8) is 0 Å². The molecule has 3 aromatic rings. The van der Waals surface area contributed by atoms with Gasteiger partial charge in [0.05, 0.1) is 0 Å². The van der Waals surface area contributed by atoms with E-state index in [-0.39, 0.29) is 0 Å². The normalized spacial score (nSPS) is 11.2. The van der Waals surface area contributed by atoms with Crippen molar-refractivity contribution in [2.45, 2.75) is 20.8 Å². The molecule has 8 nitrogen and oxygen atoms in total. The Morgan fingerprint density at radius 2 is 0.710 bits per heavy atom. The summed E-state index contributed by atoms with van der Waals surface area (Å²) in [5, 5.41) is 0. The lowest BCUT2D eigenvalue weighted by atomic mass is 10.2. The number of hydrogen-bond donors (Lipinski definition) is 3. The third-order valence-electron chi connectivity index (χ3n) is 3.71. The Hall–Kier alpha value is -2.60. The summed E-state index contributed by atoms with van der Waals surface area (Å²) in [6.07, 6.45) is 0. The second-order valence-corrected chi connectivity index (χ2v) is 9.14. The number of hydrogen-bond acceptors (Lipinski definition) is 5. The smallest absolute Gasteiger partial charge is 0.386 e. The Balaban J connectivity index is 0.000000614. The molecule has 0 fully saturated rings. The largest absolute Gasteiger partial charge is 0.647 e. The van der Waals surface area contributed by atoms with Crippen LogP contribution < -0.4 is 13.6 Å². The van der Waals surface area contributed by atoms with Crippen LogP contribution in [0, 0.1) is 20.8 Å². The zero-order chi connectivity index (χ0) is 23.1. The zero-order valence-electron chi connectivity index (χ0n) is 17.2. The fourth-order valence-electron chi connectivity index (χ4n) is 2.24. The van der Waals surface area contributed by atoms with E-state index >= 15 is 0 Å². The predicted octanol–water partition coefficient (Wildman–Crippen LogP) is 5.33. The SMILES string of the molecule is Cc1ccc(OP(=O)(Oc2ccc(C)cc2)Oc2ccc(C)cc2)cc1.O=P(O)(O)O. The maximum Gasteiger partial charge on any atom is 0.647 e. The summed E-state index contributed by atoms with van der Waals surface area (Å²) in [6, 6.07) is 21.6. The van der Waals surface area contributed by atoms with Gasteiger partial charge in [-0.25, -0.2) is 4.57 Å². The topological polar surface area (TPSA) is 123 Å². The first-order valence-electron chi connectivity index (χ1n) is 9.09. The Labute approximate surface area is 180 Å². The van der Waals surface area contributed by atoms with Crippen molar-refractivity contribution < 1.29 is 37.4 Å². The van der Waals surface area contributed by atoms with Crippen molar-refractivity contribution in [3.8, 4) is 17.2 Å². The highest BCUT2D eigenvalue weighted by Crippen LogP contribution is 2.49. The molecule has 0 heterocycles. The minimum atomic E-state index is -4.64. The number of rotatable bonds is 6. The quantitative estimate of drug-likeness (QED) is 0.417. The van der Waals surface area contributed by atoms with Gasteiger partial charge in [0.15, 0.2) is 0 Å². The van der Waals surface area contributed by atoms with Gasteiger partial charge in [-0.05, 0) is 57.2 Å². The van der Waals surface area contributed by atoms with Gasteiger partial charge in [-0.3, -0.25) is 0 Å². The molecule has 0 amide bonds. The molecule has 0 aliphatic rings. The van der Waals surface area contributed by atoms with Gasteiger partial charge in [-0.15, -0.1) is 0 Å². The monoisotopic (exact) mass is 466 g/mol. The second kappa shape index (κ2) is 10.6. The molecule has 0 bridgehead atoms. The molecule has 10 heteroatoms. The zero-order valence-corrected chi connectivity index (χ0v) is 19.0. The summed E-state index contributed by atoms with van der Waals surface area (Å²) in [5.41, 5.74) is 3.23. The molecule has 3 rings (SSSR count). The van der Waals surface area contributed by atoms with Crippen molar-refractivity contribution in [3.05, 3.63) is 89.5 Å². The van der Waals surface area contributed by atoms with Gasteiger partial charge in [0.25, 0.3) is 0 Å². The molecule has 0 radical (unpaired) electrons. The first-order valence-corrected chi connectivity index (χ1v) is 12.1. The first kappa shape index (κ1) is 24.7. The molecule has 166 valence electrons. The van der Waals surface area contributed by atoms with Crippen molar-refractivity contribution in [1.29, 1.82) is 0 Å². The first-order chi connectivity index (χ1) is 14.4. The van der Waals surface area contributed by atoms with Crippen molar-refractivity contribution in [1.82, 2.24) is 0 Å². The summed E-state index contributed by atoms with van der Waals surface area (Å²) >= 11 is 0. The molecular weight excluding hydrogens is 442 g/mol. The van der Waals surface area contributed by atoms with Crippen LogP contribution in [-0.4, -0.2) is 14.7 Å². The van der Waals surface area contributed by atoms with E-state index in [1.807, 2.05) is 57.2 Å². The van der Waals surface area contributed by atoms with Gasteiger partial charge in [0, 0.05) is 0 Å². The van der Waals surface area contributed by atoms with Crippen LogP contribution in [0.1, 0.15) is 16.7 Å². The minimum absolute atomic E-state index is 0.415. The number of phosphoric acid groups is 2. The van der Waals surface area contributed by atoms with Gasteiger partial charge < -0.3 is 28.3 Å². The van der Waals surface area contributed by atoms with E-state index in [1.165, 1.54) is 0 Å². The predicted molar refractivity (Wildman–Crippen MR) is 117 cm³/mol. The van der Waals surface area contributed by atoms with Crippen molar-refractivity contribution in [2.75, 3.05) is 0 Å². The summed E-state index contributed by atoms with van der Waals surface area (Å²) < 4.78 is 39.1. The minimum Gasteiger partial charge on any atom is -0.386 e. The maximum absolute atomic E-state index is 13.3. The van der Waals surface area contributed by atoms with E-state index in [1.54, 1.807) is 36.4 Å². The van der Waals surface area contributed by atoms with Gasteiger partial charge in [-0.1, -0.05) is 53.1 Å². The van der Waals surface area contributed by atoms with Crippen LogP contribution in [0.2, 0.25) is 0 Å². The van der Waals surface area contributed by atoms with Crippen molar-refractivity contribution >= 4 is 15.6 Å². The maximum atomic E-state index is 13.3. The van der Waals surface area contributed by atoms with Crippen LogP contribution in [-0.2, 0) is 9.13 Å². The fourth-order valence-corrected chi connectivity index (χ4v) is 3.49. The Morgan fingerprint density at radius 1 is 0.516 bits per heavy atom. The molecular formula is C21H24O8P2. The lowest BCUT2D eigenvalue weighted by Gasteiger charge is -2.19. The Morgan fingerprint density at radius 3 is 0.903 bits per heavy atom. The average Bonchev–Trinajstić information content (AvgIpc) is 2.66. The number of benzene rings is 3. The summed E-state index contributed by atoms with van der Waals surface area (Å²) in [4.78, 5) is 21.6. The van der Waals surface area contributed by atoms with E-state index in [4.69, 9.17) is 32.8 Å². The van der Waals surface area contributed by atoms with E-state index in [9.17, 15) is 4.57 Å². The molecule has 0 saturated carbocycles. The molecule has 0 aliphatic carbocycles. The molecule has 31 heavy (non-hydrogen) atoms. The number of phosphoric ester groups is 1. The Kier molecular flexibility index (Phi) is 8.45. The lowest BCUT2D eigenvalue weighted by Crippen LogP contribution is -2.07. The third-order valence-corrected chi connectivity index (χ3v) is 5.02. The van der Waals surface area contributed by atoms with E-state index in [2.05, 4.69) is 0 Å². The van der Waals surface area contributed by atoms with Crippen LogP contribution >= 0.6 is 15.6 Å². The lowest BCUT2D eigenvalue weighted by molar-refractivity contribution is 0.275. The molecule has 0 atom stereocenters. The highest BCUT2D eigenvalue weighted by atomic mass is 31.2. The molecule has 0 saturated heterocycles. The molecule has 3 N–H and O–H groups in total. The van der Waals surface area contributed by atoms with Crippen molar-refractivity contribution in [2.24, 2.45) is 0 Å². The van der Waals surface area contributed by atoms with E-state index < -0.39 is 15.6 Å². The van der Waals surface area contributed by atoms with Gasteiger partial charge in [0.1, 0.15) is 17.2 Å². The molecule has 0 aliphatic heterocycles.